The first-order chi connectivity index (χ1) is 9.58. The number of fused-ring (bicyclic) bond motifs is 1. The molecule has 1 aromatic heterocycles. The number of phenols is 1. The fourth-order valence-electron chi connectivity index (χ4n) is 2.33. The Morgan fingerprint density at radius 3 is 2.40 bits per heavy atom. The molecule has 3 heteroatoms. The summed E-state index contributed by atoms with van der Waals surface area (Å²) in [6, 6.07) is 12.4. The fourth-order valence-corrected chi connectivity index (χ4v) is 2.33. The minimum absolute atomic E-state index is 0.131. The van der Waals surface area contributed by atoms with Crippen molar-refractivity contribution < 1.29 is 14.3 Å². The summed E-state index contributed by atoms with van der Waals surface area (Å²) in [5.41, 5.74) is 2.87. The van der Waals surface area contributed by atoms with Crippen LogP contribution in [0, 0.1) is 13.8 Å². The summed E-state index contributed by atoms with van der Waals surface area (Å²) < 4.78 is 5.62. The van der Waals surface area contributed by atoms with Crippen LogP contribution in [-0.2, 0) is 0 Å². The van der Waals surface area contributed by atoms with Crippen molar-refractivity contribution in [2.24, 2.45) is 0 Å². The summed E-state index contributed by atoms with van der Waals surface area (Å²) in [6.45, 7) is 3.76. The van der Waals surface area contributed by atoms with Crippen LogP contribution in [0.3, 0.4) is 0 Å². The zero-order valence-corrected chi connectivity index (χ0v) is 11.3. The molecule has 0 aliphatic carbocycles. The third-order valence-electron chi connectivity index (χ3n) is 3.45. The maximum absolute atomic E-state index is 12.5. The number of ketones is 1. The van der Waals surface area contributed by atoms with Crippen LogP contribution in [0.4, 0.5) is 0 Å². The number of furan rings is 1. The van der Waals surface area contributed by atoms with Crippen LogP contribution in [0.5, 0.6) is 5.75 Å². The van der Waals surface area contributed by atoms with E-state index >= 15 is 0 Å². The van der Waals surface area contributed by atoms with Crippen molar-refractivity contribution in [3.63, 3.8) is 0 Å². The van der Waals surface area contributed by atoms with E-state index in [9.17, 15) is 9.90 Å². The van der Waals surface area contributed by atoms with Crippen LogP contribution in [0.15, 0.2) is 46.9 Å². The summed E-state index contributed by atoms with van der Waals surface area (Å²) in [5, 5.41) is 10.5. The van der Waals surface area contributed by atoms with Crippen LogP contribution in [0.25, 0.3) is 11.0 Å². The summed E-state index contributed by atoms with van der Waals surface area (Å²) >= 11 is 0. The SMILES string of the molecule is Cc1ccc(C(=O)c2oc3cccc(O)c3c2C)cc1. The van der Waals surface area contributed by atoms with Gasteiger partial charge in [-0.1, -0.05) is 35.9 Å². The topological polar surface area (TPSA) is 50.4 Å². The predicted molar refractivity (Wildman–Crippen MR) is 77.2 cm³/mol. The second-order valence-corrected chi connectivity index (χ2v) is 4.90. The third kappa shape index (κ3) is 1.88. The molecular weight excluding hydrogens is 252 g/mol. The minimum Gasteiger partial charge on any atom is -0.507 e. The highest BCUT2D eigenvalue weighted by atomic mass is 16.3. The van der Waals surface area contributed by atoms with Crippen molar-refractivity contribution in [3.8, 4) is 5.75 Å². The molecule has 0 aliphatic rings. The molecule has 20 heavy (non-hydrogen) atoms. The molecule has 2 aromatic carbocycles. The number of rotatable bonds is 2. The van der Waals surface area contributed by atoms with Crippen LogP contribution >= 0.6 is 0 Å². The molecule has 0 bridgehead atoms. The number of aryl methyl sites for hydroxylation is 2. The average molecular weight is 266 g/mol. The molecule has 0 radical (unpaired) electrons. The Bertz CT molecular complexity index is 795. The monoisotopic (exact) mass is 266 g/mol. The number of carbonyl (C=O) groups excluding carboxylic acids is 1. The highest BCUT2D eigenvalue weighted by Gasteiger charge is 2.20. The molecular formula is C17H14O3. The number of hydrogen-bond acceptors (Lipinski definition) is 3. The second kappa shape index (κ2) is 4.53. The van der Waals surface area contributed by atoms with Crippen molar-refractivity contribution in [1.29, 1.82) is 0 Å². The van der Waals surface area contributed by atoms with Gasteiger partial charge in [0.2, 0.25) is 5.78 Å². The maximum Gasteiger partial charge on any atom is 0.228 e. The van der Waals surface area contributed by atoms with E-state index in [1.807, 2.05) is 19.1 Å². The third-order valence-corrected chi connectivity index (χ3v) is 3.45. The normalized spacial score (nSPS) is 10.9. The molecule has 3 aromatic rings. The van der Waals surface area contributed by atoms with Gasteiger partial charge in [-0.15, -0.1) is 0 Å². The van der Waals surface area contributed by atoms with Crippen molar-refractivity contribution in [3.05, 3.63) is 64.9 Å². The first kappa shape index (κ1) is 12.5. The van der Waals surface area contributed by atoms with Crippen LogP contribution in [-0.4, -0.2) is 10.9 Å². The zero-order valence-electron chi connectivity index (χ0n) is 11.3. The summed E-state index contributed by atoms with van der Waals surface area (Å²) in [4.78, 5) is 12.5. The Kier molecular flexibility index (Phi) is 2.83. The van der Waals surface area contributed by atoms with E-state index in [1.54, 1.807) is 37.3 Å². The Labute approximate surface area is 116 Å². The second-order valence-electron chi connectivity index (χ2n) is 4.90. The number of carbonyl (C=O) groups is 1. The van der Waals surface area contributed by atoms with Gasteiger partial charge >= 0.3 is 0 Å². The lowest BCUT2D eigenvalue weighted by molar-refractivity contribution is 0.101. The number of benzene rings is 2. The van der Waals surface area contributed by atoms with E-state index in [0.29, 0.717) is 22.1 Å². The lowest BCUT2D eigenvalue weighted by Crippen LogP contribution is -2.01. The van der Waals surface area contributed by atoms with Gasteiger partial charge in [0.05, 0.1) is 5.39 Å². The van der Waals surface area contributed by atoms with Crippen molar-refractivity contribution in [2.45, 2.75) is 13.8 Å². The smallest absolute Gasteiger partial charge is 0.228 e. The van der Waals surface area contributed by atoms with Gasteiger partial charge in [-0.2, -0.15) is 0 Å². The first-order valence-electron chi connectivity index (χ1n) is 6.40. The van der Waals surface area contributed by atoms with E-state index in [0.717, 1.165) is 5.56 Å². The zero-order chi connectivity index (χ0) is 14.3. The molecule has 100 valence electrons. The van der Waals surface area contributed by atoms with Crippen molar-refractivity contribution in [1.82, 2.24) is 0 Å². The van der Waals surface area contributed by atoms with Gasteiger partial charge < -0.3 is 9.52 Å². The summed E-state index contributed by atoms with van der Waals surface area (Å²) in [5.74, 6) is 0.246. The van der Waals surface area contributed by atoms with Crippen LogP contribution in [0.2, 0.25) is 0 Å². The summed E-state index contributed by atoms with van der Waals surface area (Å²) in [7, 11) is 0. The molecule has 0 atom stereocenters. The molecule has 0 spiro atoms. The van der Waals surface area contributed by atoms with E-state index in [1.165, 1.54) is 0 Å². The fraction of sp³-hybridized carbons (Fsp3) is 0.118. The van der Waals surface area contributed by atoms with E-state index in [-0.39, 0.29) is 17.3 Å². The van der Waals surface area contributed by atoms with Gasteiger partial charge in [-0.05, 0) is 26.0 Å². The molecule has 0 fully saturated rings. The van der Waals surface area contributed by atoms with E-state index in [4.69, 9.17) is 4.42 Å². The lowest BCUT2D eigenvalue weighted by atomic mass is 10.0. The number of aromatic hydroxyl groups is 1. The van der Waals surface area contributed by atoms with E-state index in [2.05, 4.69) is 0 Å². The standard InChI is InChI=1S/C17H14O3/c1-10-6-8-12(9-7-10)16(19)17-11(2)15-13(18)4-3-5-14(15)20-17/h3-9,18H,1-2H3. The highest BCUT2D eigenvalue weighted by molar-refractivity contribution is 6.11. The van der Waals surface area contributed by atoms with Gasteiger partial charge in [0.15, 0.2) is 5.76 Å². The maximum atomic E-state index is 12.5. The molecule has 3 rings (SSSR count). The largest absolute Gasteiger partial charge is 0.507 e. The van der Waals surface area contributed by atoms with Crippen LogP contribution < -0.4 is 0 Å². The van der Waals surface area contributed by atoms with Crippen molar-refractivity contribution >= 4 is 16.8 Å². The average Bonchev–Trinajstić information content (AvgIpc) is 2.77. The van der Waals surface area contributed by atoms with Gasteiger partial charge in [0, 0.05) is 11.1 Å². The number of hydrogen-bond donors (Lipinski definition) is 1. The Balaban J connectivity index is 2.15. The predicted octanol–water partition coefficient (Wildman–Crippen LogP) is 3.99. The van der Waals surface area contributed by atoms with E-state index < -0.39 is 0 Å². The number of phenolic OH excluding ortho intramolecular Hbond substituents is 1. The molecule has 0 saturated carbocycles. The highest BCUT2D eigenvalue weighted by Crippen LogP contribution is 2.33. The Morgan fingerprint density at radius 1 is 1.05 bits per heavy atom. The minimum atomic E-state index is -0.168. The Hall–Kier alpha value is -2.55. The molecule has 1 N–H and O–H groups in total. The molecule has 3 nitrogen and oxygen atoms in total. The first-order valence-corrected chi connectivity index (χ1v) is 6.40. The van der Waals surface area contributed by atoms with Gasteiger partial charge in [0.1, 0.15) is 11.3 Å². The van der Waals surface area contributed by atoms with Gasteiger partial charge in [-0.3, -0.25) is 4.79 Å². The molecule has 0 aliphatic heterocycles. The van der Waals surface area contributed by atoms with Gasteiger partial charge in [0.25, 0.3) is 0 Å². The molecule has 0 amide bonds. The molecule has 0 unspecified atom stereocenters. The van der Waals surface area contributed by atoms with Crippen molar-refractivity contribution in [2.75, 3.05) is 0 Å². The lowest BCUT2D eigenvalue weighted by Gasteiger charge is -2.00. The Morgan fingerprint density at radius 2 is 1.75 bits per heavy atom. The quantitative estimate of drug-likeness (QED) is 0.713. The van der Waals surface area contributed by atoms with Gasteiger partial charge in [-0.25, -0.2) is 0 Å². The molecule has 0 saturated heterocycles. The van der Waals surface area contributed by atoms with Crippen LogP contribution in [0.1, 0.15) is 27.2 Å². The molecule has 1 heterocycles. The summed E-state index contributed by atoms with van der Waals surface area (Å²) in [6.07, 6.45) is 0.